The van der Waals surface area contributed by atoms with Gasteiger partial charge in [0, 0.05) is 49.6 Å². The number of rotatable bonds is 7. The van der Waals surface area contributed by atoms with Gasteiger partial charge in [0.2, 0.25) is 0 Å². The quantitative estimate of drug-likeness (QED) is 0.626. The molecule has 9 nitrogen and oxygen atoms in total. The molecule has 0 aliphatic heterocycles. The van der Waals surface area contributed by atoms with Crippen molar-refractivity contribution < 1.29 is 4.79 Å². The maximum Gasteiger partial charge on any atom is 0.329 e. The van der Waals surface area contributed by atoms with E-state index < -0.39 is 11.2 Å². The summed E-state index contributed by atoms with van der Waals surface area (Å²) < 4.78 is 3.17. The normalized spacial score (nSPS) is 13.8. The largest absolute Gasteiger partial charge is 0.332 e. The van der Waals surface area contributed by atoms with Gasteiger partial charge in [0.25, 0.3) is 11.5 Å². The van der Waals surface area contributed by atoms with Gasteiger partial charge in [0.1, 0.15) is 0 Å². The van der Waals surface area contributed by atoms with Gasteiger partial charge in [-0.2, -0.15) is 5.10 Å². The number of nitrogens with one attached hydrogen (secondary N) is 1. The van der Waals surface area contributed by atoms with Gasteiger partial charge in [0.05, 0.1) is 17.1 Å². The van der Waals surface area contributed by atoms with Gasteiger partial charge < -0.3 is 4.90 Å². The molecule has 0 saturated heterocycles. The van der Waals surface area contributed by atoms with Gasteiger partial charge >= 0.3 is 5.69 Å². The van der Waals surface area contributed by atoms with E-state index in [0.29, 0.717) is 30.7 Å². The number of aromatic nitrogens is 5. The number of H-pyrrole nitrogens is 1. The molecule has 1 fully saturated rings. The summed E-state index contributed by atoms with van der Waals surface area (Å²) in [6.07, 6.45) is 6.30. The molecule has 1 saturated carbocycles. The van der Waals surface area contributed by atoms with E-state index in [-0.39, 0.29) is 23.3 Å². The van der Waals surface area contributed by atoms with Crippen molar-refractivity contribution in [3.05, 3.63) is 56.1 Å². The van der Waals surface area contributed by atoms with E-state index in [1.807, 2.05) is 34.0 Å². The minimum absolute atomic E-state index is 0.0964. The molecule has 0 atom stereocenters. The molecule has 31 heavy (non-hydrogen) atoms. The fourth-order valence-corrected chi connectivity index (χ4v) is 3.88. The summed E-state index contributed by atoms with van der Waals surface area (Å²) in [5, 5.41) is 4.37. The molecule has 0 unspecified atom stereocenters. The number of fused-ring (bicyclic) bond motifs is 1. The zero-order valence-electron chi connectivity index (χ0n) is 18.4. The maximum absolute atomic E-state index is 13.7. The van der Waals surface area contributed by atoms with Gasteiger partial charge in [-0.3, -0.25) is 23.8 Å². The highest BCUT2D eigenvalue weighted by Crippen LogP contribution is 2.40. The predicted octanol–water partition coefficient (Wildman–Crippen LogP) is 2.16. The zero-order valence-corrected chi connectivity index (χ0v) is 18.4. The van der Waals surface area contributed by atoms with E-state index in [4.69, 9.17) is 0 Å². The van der Waals surface area contributed by atoms with Gasteiger partial charge in [-0.15, -0.1) is 0 Å². The third-order valence-corrected chi connectivity index (χ3v) is 5.64. The highest BCUT2D eigenvalue weighted by atomic mass is 16.2. The molecule has 1 aliphatic carbocycles. The summed E-state index contributed by atoms with van der Waals surface area (Å²) in [4.78, 5) is 47.8. The molecule has 164 valence electrons. The first-order chi connectivity index (χ1) is 14.8. The molecule has 0 bridgehead atoms. The van der Waals surface area contributed by atoms with Crippen LogP contribution >= 0.6 is 0 Å². The molecule has 0 radical (unpaired) electrons. The lowest BCUT2D eigenvalue weighted by Crippen LogP contribution is -2.38. The molecule has 4 rings (SSSR count). The van der Waals surface area contributed by atoms with Gasteiger partial charge in [-0.25, -0.2) is 9.78 Å². The summed E-state index contributed by atoms with van der Waals surface area (Å²) in [7, 11) is 1.83. The molecule has 1 amide bonds. The van der Waals surface area contributed by atoms with Crippen LogP contribution in [0, 0.1) is 0 Å². The Kier molecular flexibility index (Phi) is 5.51. The van der Waals surface area contributed by atoms with Crippen LogP contribution in [0.3, 0.4) is 0 Å². The van der Waals surface area contributed by atoms with Crippen LogP contribution in [0.1, 0.15) is 67.6 Å². The number of hydrogen-bond donors (Lipinski definition) is 1. The van der Waals surface area contributed by atoms with Crippen LogP contribution < -0.4 is 11.2 Å². The van der Waals surface area contributed by atoms with Gasteiger partial charge in [-0.1, -0.05) is 6.92 Å². The molecular weight excluding hydrogens is 396 g/mol. The second-order valence-electron chi connectivity index (χ2n) is 8.53. The van der Waals surface area contributed by atoms with E-state index in [2.05, 4.69) is 15.1 Å². The molecule has 0 spiro atoms. The lowest BCUT2D eigenvalue weighted by molar-refractivity contribution is 0.0692. The second kappa shape index (κ2) is 8.13. The first-order valence-electron chi connectivity index (χ1n) is 10.8. The second-order valence-corrected chi connectivity index (χ2v) is 8.53. The fourth-order valence-electron chi connectivity index (χ4n) is 3.88. The summed E-state index contributed by atoms with van der Waals surface area (Å²) in [5.41, 5.74) is 1.21. The van der Waals surface area contributed by atoms with E-state index in [0.717, 1.165) is 24.1 Å². The third kappa shape index (κ3) is 4.04. The van der Waals surface area contributed by atoms with Crippen LogP contribution in [0.4, 0.5) is 0 Å². The van der Waals surface area contributed by atoms with Crippen LogP contribution in [0.2, 0.25) is 0 Å². The van der Waals surface area contributed by atoms with E-state index in [9.17, 15) is 14.4 Å². The molecule has 9 heteroatoms. The Morgan fingerprint density at radius 2 is 2.06 bits per heavy atom. The monoisotopic (exact) mass is 424 g/mol. The average Bonchev–Trinajstić information content (AvgIpc) is 3.49. The van der Waals surface area contributed by atoms with Crippen LogP contribution in [-0.4, -0.2) is 41.2 Å². The Hall–Kier alpha value is -3.23. The Labute approximate surface area is 179 Å². The molecule has 3 aromatic rings. The van der Waals surface area contributed by atoms with Crippen molar-refractivity contribution in [2.75, 3.05) is 0 Å². The number of pyridine rings is 1. The summed E-state index contributed by atoms with van der Waals surface area (Å²) in [5.74, 6) is 0.0200. The lowest BCUT2D eigenvalue weighted by Gasteiger charge is -2.27. The van der Waals surface area contributed by atoms with Crippen molar-refractivity contribution in [1.82, 2.24) is 29.2 Å². The number of carbonyl (C=O) groups is 1. The van der Waals surface area contributed by atoms with E-state index >= 15 is 0 Å². The minimum Gasteiger partial charge on any atom is -0.332 e. The van der Waals surface area contributed by atoms with E-state index in [1.54, 1.807) is 21.8 Å². The zero-order chi connectivity index (χ0) is 22.3. The van der Waals surface area contributed by atoms with Crippen molar-refractivity contribution in [1.29, 1.82) is 0 Å². The van der Waals surface area contributed by atoms with Crippen LogP contribution in [0.25, 0.3) is 11.0 Å². The highest BCUT2D eigenvalue weighted by Gasteiger charge is 2.30. The van der Waals surface area contributed by atoms with Crippen LogP contribution in [-0.2, 0) is 20.1 Å². The SMILES string of the molecule is CCCn1c(=O)[nH]c(=O)c2c(C(=O)N(Cc3cnn(C)c3)C(C)C)cc(C3CC3)nc21. The number of nitrogens with zero attached hydrogens (tertiary/aromatic N) is 5. The van der Waals surface area contributed by atoms with Crippen molar-refractivity contribution in [3.63, 3.8) is 0 Å². The fraction of sp³-hybridized carbons (Fsp3) is 0.500. The third-order valence-electron chi connectivity index (χ3n) is 5.64. The smallest absolute Gasteiger partial charge is 0.329 e. The van der Waals surface area contributed by atoms with Crippen molar-refractivity contribution in [3.8, 4) is 0 Å². The number of amides is 1. The first kappa shape index (κ1) is 21.0. The predicted molar refractivity (Wildman–Crippen MR) is 117 cm³/mol. The molecular formula is C22H28N6O3. The first-order valence-corrected chi connectivity index (χ1v) is 10.8. The maximum atomic E-state index is 13.7. The Balaban J connectivity index is 1.90. The minimum atomic E-state index is -0.573. The topological polar surface area (TPSA) is 106 Å². The van der Waals surface area contributed by atoms with Gasteiger partial charge in [0.15, 0.2) is 5.65 Å². The van der Waals surface area contributed by atoms with Crippen molar-refractivity contribution in [2.45, 2.75) is 65.1 Å². The highest BCUT2D eigenvalue weighted by molar-refractivity contribution is 6.05. The molecule has 3 aromatic heterocycles. The van der Waals surface area contributed by atoms with Gasteiger partial charge in [-0.05, 0) is 39.2 Å². The lowest BCUT2D eigenvalue weighted by atomic mass is 10.1. The van der Waals surface area contributed by atoms with Crippen LogP contribution in [0.5, 0.6) is 0 Å². The molecule has 3 heterocycles. The number of aryl methyl sites for hydroxylation is 2. The Morgan fingerprint density at radius 1 is 1.32 bits per heavy atom. The van der Waals surface area contributed by atoms with Crippen LogP contribution in [0.15, 0.2) is 28.0 Å². The summed E-state index contributed by atoms with van der Waals surface area (Å²) in [6, 6.07) is 1.65. The van der Waals surface area contributed by atoms with Crippen molar-refractivity contribution >= 4 is 16.9 Å². The molecule has 1 aliphatic rings. The number of carbonyl (C=O) groups excluding carboxylic acids is 1. The average molecular weight is 425 g/mol. The van der Waals surface area contributed by atoms with Crippen molar-refractivity contribution in [2.24, 2.45) is 7.05 Å². The summed E-state index contributed by atoms with van der Waals surface area (Å²) >= 11 is 0. The standard InChI is InChI=1S/C22H28N6O3/c1-5-8-27-19-18(20(29)25-22(27)31)16(9-17(24-19)15-6-7-15)21(30)28(13(2)3)12-14-10-23-26(4)11-14/h9-11,13,15H,5-8,12H2,1-4H3,(H,25,29,31). The molecule has 0 aromatic carbocycles. The number of aromatic amines is 1. The number of hydrogen-bond acceptors (Lipinski definition) is 5. The molecule has 1 N–H and O–H groups in total. The van der Waals surface area contributed by atoms with E-state index in [1.165, 1.54) is 4.57 Å². The Bertz CT molecular complexity index is 1250. The summed E-state index contributed by atoms with van der Waals surface area (Å²) in [6.45, 7) is 6.63. The Morgan fingerprint density at radius 3 is 2.65 bits per heavy atom.